The number of aromatic hydroxyl groups is 1. The molecule has 1 aromatic heterocycles. The molecule has 4 heteroatoms. The van der Waals surface area contributed by atoms with Crippen LogP contribution in [0.3, 0.4) is 0 Å². The summed E-state index contributed by atoms with van der Waals surface area (Å²) in [6.07, 6.45) is 0. The number of nitrogens with zero attached hydrogens (tertiary/aromatic N) is 3. The van der Waals surface area contributed by atoms with E-state index in [4.69, 9.17) is 0 Å². The molecule has 0 aliphatic carbocycles. The Balaban J connectivity index is 2.17. The summed E-state index contributed by atoms with van der Waals surface area (Å²) in [4.78, 5) is 1.53. The van der Waals surface area contributed by atoms with Crippen molar-refractivity contribution in [1.82, 2.24) is 15.0 Å². The standard InChI is InChI=1S/C13H11N3O/c1-9-6-7-10(8-13(9)17)16-14-11-4-2-3-5-12(11)15-16/h2-8,17H,1H3. The van der Waals surface area contributed by atoms with E-state index in [9.17, 15) is 5.11 Å². The van der Waals surface area contributed by atoms with Gasteiger partial charge >= 0.3 is 0 Å². The Hall–Kier alpha value is -2.36. The fraction of sp³-hybridized carbons (Fsp3) is 0.0769. The molecular formula is C13H11N3O. The Morgan fingerprint density at radius 3 is 2.24 bits per heavy atom. The number of hydrogen-bond donors (Lipinski definition) is 1. The molecule has 0 atom stereocenters. The third-order valence-corrected chi connectivity index (χ3v) is 2.71. The highest BCUT2D eigenvalue weighted by Crippen LogP contribution is 2.20. The lowest BCUT2D eigenvalue weighted by Gasteiger charge is -2.02. The number of phenolic OH excluding ortho intramolecular Hbond substituents is 1. The lowest BCUT2D eigenvalue weighted by molar-refractivity contribution is 0.470. The van der Waals surface area contributed by atoms with Gasteiger partial charge in [-0.05, 0) is 30.7 Å². The van der Waals surface area contributed by atoms with Crippen molar-refractivity contribution in [2.45, 2.75) is 6.92 Å². The van der Waals surface area contributed by atoms with Crippen LogP contribution in [0.15, 0.2) is 42.5 Å². The minimum Gasteiger partial charge on any atom is -0.508 e. The van der Waals surface area contributed by atoms with Crippen LogP contribution in [0, 0.1) is 6.92 Å². The van der Waals surface area contributed by atoms with Crippen molar-refractivity contribution in [3.63, 3.8) is 0 Å². The van der Waals surface area contributed by atoms with E-state index in [0.29, 0.717) is 0 Å². The van der Waals surface area contributed by atoms with Gasteiger partial charge in [-0.3, -0.25) is 0 Å². The summed E-state index contributed by atoms with van der Waals surface area (Å²) >= 11 is 0. The lowest BCUT2D eigenvalue weighted by atomic mass is 10.2. The smallest absolute Gasteiger partial charge is 0.120 e. The topological polar surface area (TPSA) is 50.9 Å². The van der Waals surface area contributed by atoms with Gasteiger partial charge < -0.3 is 5.11 Å². The van der Waals surface area contributed by atoms with Crippen molar-refractivity contribution in [3.05, 3.63) is 48.0 Å². The van der Waals surface area contributed by atoms with Gasteiger partial charge in [0.1, 0.15) is 16.8 Å². The minimum atomic E-state index is 0.254. The monoisotopic (exact) mass is 225 g/mol. The zero-order valence-corrected chi connectivity index (χ0v) is 9.33. The molecule has 3 aromatic rings. The van der Waals surface area contributed by atoms with E-state index in [1.165, 1.54) is 4.80 Å². The van der Waals surface area contributed by atoms with Gasteiger partial charge in [-0.1, -0.05) is 18.2 Å². The van der Waals surface area contributed by atoms with Crippen LogP contribution in [-0.2, 0) is 0 Å². The number of rotatable bonds is 1. The molecule has 1 N–H and O–H groups in total. The molecule has 2 aromatic carbocycles. The van der Waals surface area contributed by atoms with E-state index in [1.807, 2.05) is 43.3 Å². The Kier molecular flexibility index (Phi) is 2.08. The quantitative estimate of drug-likeness (QED) is 0.692. The average Bonchev–Trinajstić information content (AvgIpc) is 2.76. The summed E-state index contributed by atoms with van der Waals surface area (Å²) in [5.41, 5.74) is 3.27. The molecule has 0 aliphatic heterocycles. The molecule has 0 saturated carbocycles. The van der Waals surface area contributed by atoms with Crippen LogP contribution in [-0.4, -0.2) is 20.1 Å². The first kappa shape index (κ1) is 9.84. The number of aryl methyl sites for hydroxylation is 1. The van der Waals surface area contributed by atoms with Crippen molar-refractivity contribution in [2.24, 2.45) is 0 Å². The van der Waals surface area contributed by atoms with Crippen LogP contribution < -0.4 is 0 Å². The van der Waals surface area contributed by atoms with E-state index in [0.717, 1.165) is 22.3 Å². The van der Waals surface area contributed by atoms with Crippen LogP contribution >= 0.6 is 0 Å². The van der Waals surface area contributed by atoms with Crippen LogP contribution in [0.4, 0.5) is 0 Å². The van der Waals surface area contributed by atoms with E-state index >= 15 is 0 Å². The summed E-state index contributed by atoms with van der Waals surface area (Å²) in [5, 5.41) is 18.4. The molecule has 0 amide bonds. The Morgan fingerprint density at radius 2 is 1.65 bits per heavy atom. The Morgan fingerprint density at radius 1 is 1.00 bits per heavy atom. The van der Waals surface area contributed by atoms with Crippen LogP contribution in [0.2, 0.25) is 0 Å². The largest absolute Gasteiger partial charge is 0.508 e. The van der Waals surface area contributed by atoms with Crippen molar-refractivity contribution in [2.75, 3.05) is 0 Å². The molecule has 0 bridgehead atoms. The van der Waals surface area contributed by atoms with E-state index in [1.54, 1.807) is 6.07 Å². The third kappa shape index (κ3) is 1.63. The fourth-order valence-electron chi connectivity index (χ4n) is 1.70. The van der Waals surface area contributed by atoms with Gasteiger partial charge in [0.15, 0.2) is 0 Å². The maximum absolute atomic E-state index is 9.67. The number of fused-ring (bicyclic) bond motifs is 1. The van der Waals surface area contributed by atoms with Gasteiger partial charge in [0.05, 0.1) is 5.69 Å². The molecular weight excluding hydrogens is 214 g/mol. The Labute approximate surface area is 98.1 Å². The SMILES string of the molecule is Cc1ccc(-n2nc3ccccc3n2)cc1O. The fourth-order valence-corrected chi connectivity index (χ4v) is 1.70. The molecule has 17 heavy (non-hydrogen) atoms. The van der Waals surface area contributed by atoms with E-state index in [2.05, 4.69) is 10.2 Å². The zero-order chi connectivity index (χ0) is 11.8. The van der Waals surface area contributed by atoms with Gasteiger partial charge in [-0.25, -0.2) is 0 Å². The molecule has 0 aliphatic rings. The number of aromatic nitrogens is 3. The van der Waals surface area contributed by atoms with Gasteiger partial charge in [0, 0.05) is 6.07 Å². The lowest BCUT2D eigenvalue weighted by Crippen LogP contribution is -1.98. The molecule has 0 radical (unpaired) electrons. The first-order chi connectivity index (χ1) is 8.24. The van der Waals surface area contributed by atoms with Gasteiger partial charge in [-0.2, -0.15) is 4.80 Å². The summed E-state index contributed by atoms with van der Waals surface area (Å²) < 4.78 is 0. The number of hydrogen-bond acceptors (Lipinski definition) is 3. The number of phenols is 1. The molecule has 0 fully saturated rings. The second kappa shape index (κ2) is 3.59. The van der Waals surface area contributed by atoms with Gasteiger partial charge in [-0.15, -0.1) is 10.2 Å². The van der Waals surface area contributed by atoms with Crippen molar-refractivity contribution in [1.29, 1.82) is 0 Å². The summed E-state index contributed by atoms with van der Waals surface area (Å²) in [7, 11) is 0. The van der Waals surface area contributed by atoms with Gasteiger partial charge in [0.25, 0.3) is 0 Å². The van der Waals surface area contributed by atoms with Crippen LogP contribution in [0.25, 0.3) is 16.7 Å². The predicted molar refractivity (Wildman–Crippen MR) is 65.3 cm³/mol. The van der Waals surface area contributed by atoms with E-state index in [-0.39, 0.29) is 5.75 Å². The third-order valence-electron chi connectivity index (χ3n) is 2.71. The average molecular weight is 225 g/mol. The van der Waals surface area contributed by atoms with Crippen molar-refractivity contribution < 1.29 is 5.11 Å². The molecule has 3 rings (SSSR count). The minimum absolute atomic E-state index is 0.254. The number of benzene rings is 2. The first-order valence-corrected chi connectivity index (χ1v) is 5.36. The predicted octanol–water partition coefficient (Wildman–Crippen LogP) is 2.43. The molecule has 0 saturated heterocycles. The summed E-state index contributed by atoms with van der Waals surface area (Å²) in [6.45, 7) is 1.85. The second-order valence-corrected chi connectivity index (χ2v) is 3.95. The molecule has 4 nitrogen and oxygen atoms in total. The second-order valence-electron chi connectivity index (χ2n) is 3.95. The zero-order valence-electron chi connectivity index (χ0n) is 9.33. The van der Waals surface area contributed by atoms with Gasteiger partial charge in [0.2, 0.25) is 0 Å². The highest BCUT2D eigenvalue weighted by molar-refractivity contribution is 5.73. The summed E-state index contributed by atoms with van der Waals surface area (Å²) in [5.74, 6) is 0.254. The van der Waals surface area contributed by atoms with Crippen LogP contribution in [0.5, 0.6) is 5.75 Å². The molecule has 1 heterocycles. The maximum atomic E-state index is 9.67. The molecule has 0 unspecified atom stereocenters. The summed E-state index contributed by atoms with van der Waals surface area (Å²) in [6, 6.07) is 13.1. The Bertz CT molecular complexity index is 655. The highest BCUT2D eigenvalue weighted by Gasteiger charge is 2.05. The maximum Gasteiger partial charge on any atom is 0.120 e. The first-order valence-electron chi connectivity index (χ1n) is 5.36. The normalized spacial score (nSPS) is 10.9. The molecule has 0 spiro atoms. The molecule has 84 valence electrons. The van der Waals surface area contributed by atoms with Crippen molar-refractivity contribution >= 4 is 11.0 Å². The van der Waals surface area contributed by atoms with E-state index < -0.39 is 0 Å². The van der Waals surface area contributed by atoms with Crippen molar-refractivity contribution in [3.8, 4) is 11.4 Å². The van der Waals surface area contributed by atoms with Crippen LogP contribution in [0.1, 0.15) is 5.56 Å². The highest BCUT2D eigenvalue weighted by atomic mass is 16.3.